The van der Waals surface area contributed by atoms with Crippen molar-refractivity contribution >= 4 is 69.2 Å². The van der Waals surface area contributed by atoms with Crippen molar-refractivity contribution in [3.8, 4) is 11.1 Å². The minimum absolute atomic E-state index is 0.877. The molecule has 0 N–H and O–H groups in total. The number of rotatable bonds is 9. The normalized spacial score (nSPS) is 11.5. The zero-order valence-electron chi connectivity index (χ0n) is 28.6. The molecule has 0 aliphatic carbocycles. The molecule has 0 fully saturated rings. The van der Waals surface area contributed by atoms with Crippen molar-refractivity contribution in [2.45, 2.75) is 26.7 Å². The second kappa shape index (κ2) is 14.5. The van der Waals surface area contributed by atoms with E-state index in [-0.39, 0.29) is 0 Å². The van der Waals surface area contributed by atoms with Crippen LogP contribution in [-0.4, -0.2) is 0 Å². The molecule has 0 radical (unpaired) electrons. The van der Waals surface area contributed by atoms with Crippen LogP contribution in [0, 0.1) is 0 Å². The molecule has 0 nitrogen and oxygen atoms in total. The highest BCUT2D eigenvalue weighted by Gasteiger charge is 2.28. The monoisotopic (exact) mass is 678 g/mol. The van der Waals surface area contributed by atoms with Gasteiger partial charge in [0.2, 0.25) is 0 Å². The average Bonchev–Trinajstić information content (AvgIpc) is 3.19. The topological polar surface area (TPSA) is 0 Å². The Morgan fingerprint density at radius 1 is 0.300 bits per heavy atom. The molecule has 0 saturated carbocycles. The minimum Gasteiger partial charge on any atom is -0.0622 e. The van der Waals surface area contributed by atoms with Gasteiger partial charge in [-0.3, -0.25) is 0 Å². The van der Waals surface area contributed by atoms with Crippen molar-refractivity contribution in [3.05, 3.63) is 193 Å². The van der Waals surface area contributed by atoms with Gasteiger partial charge in [-0.25, -0.2) is 0 Å². The van der Waals surface area contributed by atoms with E-state index in [1.165, 1.54) is 75.6 Å². The maximum Gasteiger partial charge on any atom is -0.000873 e. The molecule has 0 unspecified atom stereocenters. The van der Waals surface area contributed by atoms with Gasteiger partial charge in [-0.2, -0.15) is 0 Å². The number of aryl methyl sites for hydroxylation is 2. The van der Waals surface area contributed by atoms with Crippen LogP contribution in [0.25, 0.3) is 32.7 Å². The first-order valence-electron chi connectivity index (χ1n) is 17.7. The Bertz CT molecular complexity index is 2130. The van der Waals surface area contributed by atoms with Crippen LogP contribution < -0.4 is 31.8 Å². The van der Waals surface area contributed by atoms with E-state index in [9.17, 15) is 0 Å². The van der Waals surface area contributed by atoms with Crippen LogP contribution in [0.5, 0.6) is 0 Å². The Balaban J connectivity index is 1.57. The fourth-order valence-electron chi connectivity index (χ4n) is 7.50. The van der Waals surface area contributed by atoms with Crippen LogP contribution in [0.4, 0.5) is 0 Å². The van der Waals surface area contributed by atoms with Crippen molar-refractivity contribution < 1.29 is 0 Å². The molecule has 8 aromatic carbocycles. The zero-order chi connectivity index (χ0) is 33.9. The average molecular weight is 679 g/mol. The molecule has 0 aliphatic rings. The predicted octanol–water partition coefficient (Wildman–Crippen LogP) is 10.3. The quantitative estimate of drug-likeness (QED) is 0.133. The van der Waals surface area contributed by atoms with Crippen molar-refractivity contribution in [2.75, 3.05) is 0 Å². The summed E-state index contributed by atoms with van der Waals surface area (Å²) >= 11 is 0. The third-order valence-corrected chi connectivity index (χ3v) is 14.8. The Morgan fingerprint density at radius 2 is 0.620 bits per heavy atom. The molecule has 0 atom stereocenters. The summed E-state index contributed by atoms with van der Waals surface area (Å²) in [5.74, 6) is 0. The molecule has 0 aromatic heterocycles. The first-order valence-corrected chi connectivity index (χ1v) is 20.3. The van der Waals surface area contributed by atoms with Gasteiger partial charge in [0.15, 0.2) is 0 Å². The second-order valence-electron chi connectivity index (χ2n) is 12.7. The summed E-state index contributed by atoms with van der Waals surface area (Å²) in [4.78, 5) is 0. The standard InChI is InChI=1S/C48H40P2/c1-3-35-19-17-29-43-41(35)31-33-45(49(37-21-9-5-10-22-37)38-23-11-6-12-24-38)47(43)48-44-30-18-20-36(4-2)42(44)32-34-46(48)50(39-25-13-7-14-26-39)40-27-15-8-16-28-40/h5-34H,3-4H2,1-2H3. The molecule has 8 aromatic rings. The van der Waals surface area contributed by atoms with Crippen molar-refractivity contribution in [2.24, 2.45) is 0 Å². The Morgan fingerprint density at radius 3 is 0.920 bits per heavy atom. The lowest BCUT2D eigenvalue weighted by atomic mass is 9.90. The van der Waals surface area contributed by atoms with Crippen LogP contribution in [0.2, 0.25) is 0 Å². The summed E-state index contributed by atoms with van der Waals surface area (Å²) in [7, 11) is -1.75. The fraction of sp³-hybridized carbons (Fsp3) is 0.0833. The van der Waals surface area contributed by atoms with E-state index in [0.29, 0.717) is 0 Å². The van der Waals surface area contributed by atoms with Gasteiger partial charge in [0.05, 0.1) is 0 Å². The molecule has 0 saturated heterocycles. The maximum absolute atomic E-state index is 2.47. The predicted molar refractivity (Wildman–Crippen MR) is 223 cm³/mol. The first kappa shape index (κ1) is 32.4. The number of hydrogen-bond acceptors (Lipinski definition) is 0. The molecule has 0 spiro atoms. The summed E-state index contributed by atoms with van der Waals surface area (Å²) in [5, 5.41) is 13.7. The zero-order valence-corrected chi connectivity index (χ0v) is 30.4. The van der Waals surface area contributed by atoms with Gasteiger partial charge < -0.3 is 0 Å². The molecule has 2 heteroatoms. The van der Waals surface area contributed by atoms with Crippen LogP contribution in [0.1, 0.15) is 25.0 Å². The van der Waals surface area contributed by atoms with E-state index < -0.39 is 15.8 Å². The first-order chi connectivity index (χ1) is 24.8. The van der Waals surface area contributed by atoms with Gasteiger partial charge in [-0.05, 0) is 104 Å². The molecule has 0 heterocycles. The largest absolute Gasteiger partial charge is 0.0622 e. The third-order valence-electron chi connectivity index (χ3n) is 9.81. The Labute approximate surface area is 299 Å². The molecular weight excluding hydrogens is 638 g/mol. The highest BCUT2D eigenvalue weighted by atomic mass is 31.1. The lowest BCUT2D eigenvalue weighted by molar-refractivity contribution is 1.16. The van der Waals surface area contributed by atoms with E-state index in [1.54, 1.807) is 0 Å². The molecule has 242 valence electrons. The Hall–Kier alpha value is -4.86. The van der Waals surface area contributed by atoms with E-state index in [0.717, 1.165) is 12.8 Å². The smallest absolute Gasteiger partial charge is 0.000873 e. The Kier molecular flexibility index (Phi) is 9.41. The van der Waals surface area contributed by atoms with Crippen molar-refractivity contribution in [1.29, 1.82) is 0 Å². The summed E-state index contributed by atoms with van der Waals surface area (Å²) in [6.45, 7) is 4.56. The minimum atomic E-state index is -0.877. The molecule has 0 bridgehead atoms. The molecule has 8 rings (SSSR count). The summed E-state index contributed by atoms with van der Waals surface area (Å²) in [5.41, 5.74) is 5.54. The van der Waals surface area contributed by atoms with Gasteiger partial charge in [0.25, 0.3) is 0 Å². The number of fused-ring (bicyclic) bond motifs is 2. The number of benzene rings is 8. The second-order valence-corrected chi connectivity index (χ2v) is 17.0. The van der Waals surface area contributed by atoms with Crippen molar-refractivity contribution in [3.63, 3.8) is 0 Å². The van der Waals surface area contributed by atoms with Gasteiger partial charge >= 0.3 is 0 Å². The maximum atomic E-state index is 2.47. The van der Waals surface area contributed by atoms with Crippen LogP contribution in [-0.2, 0) is 12.8 Å². The van der Waals surface area contributed by atoms with Gasteiger partial charge in [0, 0.05) is 0 Å². The molecule has 50 heavy (non-hydrogen) atoms. The van der Waals surface area contributed by atoms with E-state index in [2.05, 4.69) is 196 Å². The molecule has 0 amide bonds. The van der Waals surface area contributed by atoms with Gasteiger partial charge in [0.1, 0.15) is 0 Å². The highest BCUT2D eigenvalue weighted by molar-refractivity contribution is 7.80. The van der Waals surface area contributed by atoms with Gasteiger partial charge in [-0.15, -0.1) is 0 Å². The van der Waals surface area contributed by atoms with Gasteiger partial charge in [-0.1, -0.05) is 196 Å². The third kappa shape index (κ3) is 5.98. The highest BCUT2D eigenvalue weighted by Crippen LogP contribution is 2.46. The van der Waals surface area contributed by atoms with Crippen molar-refractivity contribution in [1.82, 2.24) is 0 Å². The van der Waals surface area contributed by atoms with Crippen LogP contribution in [0.3, 0.4) is 0 Å². The molecule has 0 aliphatic heterocycles. The van der Waals surface area contributed by atoms with E-state index in [1.807, 2.05) is 0 Å². The summed E-state index contributed by atoms with van der Waals surface area (Å²) in [6, 6.07) is 68.5. The van der Waals surface area contributed by atoms with Crippen LogP contribution in [0.15, 0.2) is 182 Å². The fourth-order valence-corrected chi connectivity index (χ4v) is 12.4. The summed E-state index contributed by atoms with van der Waals surface area (Å²) < 4.78 is 0. The van der Waals surface area contributed by atoms with Crippen LogP contribution >= 0.6 is 15.8 Å². The number of hydrogen-bond donors (Lipinski definition) is 0. The van der Waals surface area contributed by atoms with E-state index in [4.69, 9.17) is 0 Å². The van der Waals surface area contributed by atoms with E-state index >= 15 is 0 Å². The lowest BCUT2D eigenvalue weighted by Crippen LogP contribution is -2.26. The lowest BCUT2D eigenvalue weighted by Gasteiger charge is -2.29. The summed E-state index contributed by atoms with van der Waals surface area (Å²) in [6.07, 6.45) is 1.98. The molecular formula is C48H40P2. The SMILES string of the molecule is CCc1cccc2c(-c3c(P(c4ccccc4)c4ccccc4)ccc4c(CC)cccc34)c(P(c3ccccc3)c3ccccc3)ccc12.